The van der Waals surface area contributed by atoms with Gasteiger partial charge in [0.15, 0.2) is 12.6 Å². The minimum absolute atomic E-state index is 0.0725. The van der Waals surface area contributed by atoms with E-state index in [1.165, 1.54) is 32.1 Å². The molecule has 1 unspecified atom stereocenters. The minimum Gasteiger partial charge on any atom is -0.493 e. The summed E-state index contributed by atoms with van der Waals surface area (Å²) in [5, 5.41) is 0. The molecule has 4 heteroatoms. The third kappa shape index (κ3) is 4.64. The third-order valence-corrected chi connectivity index (χ3v) is 6.17. The summed E-state index contributed by atoms with van der Waals surface area (Å²) in [6, 6.07) is 13.9. The lowest BCUT2D eigenvalue weighted by Gasteiger charge is -2.22. The Balaban J connectivity index is 1.46. The second-order valence-electron chi connectivity index (χ2n) is 8.23. The van der Waals surface area contributed by atoms with Crippen molar-refractivity contribution in [1.82, 2.24) is 0 Å². The largest absolute Gasteiger partial charge is 0.493 e. The first-order valence-electron chi connectivity index (χ1n) is 10.7. The predicted molar refractivity (Wildman–Crippen MR) is 113 cm³/mol. The van der Waals surface area contributed by atoms with E-state index in [4.69, 9.17) is 14.2 Å². The van der Waals surface area contributed by atoms with Crippen molar-refractivity contribution >= 4 is 5.78 Å². The standard InChI is InChI=1S/C25H30O4/c1-27-17-29-22-12-6-5-10-19(22)14-21-15-20-11-7-13-23(24(20)25(21)26)28-16-18-8-3-2-4-9-18/h5-7,10-13,18,21H,2-4,8-9,14-17H2,1H3. The third-order valence-electron chi connectivity index (χ3n) is 6.17. The van der Waals surface area contributed by atoms with Crippen molar-refractivity contribution in [3.63, 3.8) is 0 Å². The number of hydrogen-bond donors (Lipinski definition) is 0. The van der Waals surface area contributed by atoms with Crippen LogP contribution in [0.1, 0.15) is 53.6 Å². The highest BCUT2D eigenvalue weighted by atomic mass is 16.7. The summed E-state index contributed by atoms with van der Waals surface area (Å²) in [6.07, 6.45) is 7.84. The maximum atomic E-state index is 13.3. The van der Waals surface area contributed by atoms with Gasteiger partial charge in [0.05, 0.1) is 12.2 Å². The Morgan fingerprint density at radius 3 is 2.55 bits per heavy atom. The quantitative estimate of drug-likeness (QED) is 0.576. The fraction of sp³-hybridized carbons (Fsp3) is 0.480. The van der Waals surface area contributed by atoms with Crippen LogP contribution in [0.4, 0.5) is 0 Å². The van der Waals surface area contributed by atoms with Crippen LogP contribution in [0.3, 0.4) is 0 Å². The van der Waals surface area contributed by atoms with Crippen molar-refractivity contribution in [2.75, 3.05) is 20.5 Å². The predicted octanol–water partition coefficient (Wildman–Crippen LogP) is 5.23. The Morgan fingerprint density at radius 1 is 0.931 bits per heavy atom. The van der Waals surface area contributed by atoms with Gasteiger partial charge in [-0.1, -0.05) is 49.6 Å². The summed E-state index contributed by atoms with van der Waals surface area (Å²) in [7, 11) is 1.61. The van der Waals surface area contributed by atoms with Crippen LogP contribution in [0.5, 0.6) is 11.5 Å². The van der Waals surface area contributed by atoms with Gasteiger partial charge in [-0.3, -0.25) is 4.79 Å². The smallest absolute Gasteiger partial charge is 0.188 e. The average molecular weight is 395 g/mol. The number of carbonyl (C=O) groups excluding carboxylic acids is 1. The summed E-state index contributed by atoms with van der Waals surface area (Å²) >= 11 is 0. The van der Waals surface area contributed by atoms with Crippen LogP contribution < -0.4 is 9.47 Å². The Labute approximate surface area is 173 Å². The molecule has 0 amide bonds. The van der Waals surface area contributed by atoms with E-state index in [-0.39, 0.29) is 18.5 Å². The van der Waals surface area contributed by atoms with Gasteiger partial charge in [0.1, 0.15) is 11.5 Å². The van der Waals surface area contributed by atoms with Gasteiger partial charge in [-0.25, -0.2) is 0 Å². The lowest BCUT2D eigenvalue weighted by molar-refractivity contribution is 0.0503. The molecule has 0 N–H and O–H groups in total. The van der Waals surface area contributed by atoms with Gasteiger partial charge in [-0.2, -0.15) is 0 Å². The Bertz CT molecular complexity index is 838. The molecule has 0 aliphatic heterocycles. The number of ketones is 1. The van der Waals surface area contributed by atoms with E-state index >= 15 is 0 Å². The highest BCUT2D eigenvalue weighted by Gasteiger charge is 2.34. The SMILES string of the molecule is COCOc1ccccc1CC1Cc2cccc(OCC3CCCCC3)c2C1=O. The van der Waals surface area contributed by atoms with E-state index in [2.05, 4.69) is 6.07 Å². The number of rotatable bonds is 8. The Morgan fingerprint density at radius 2 is 1.72 bits per heavy atom. The number of hydrogen-bond acceptors (Lipinski definition) is 4. The van der Waals surface area contributed by atoms with E-state index in [1.54, 1.807) is 7.11 Å². The zero-order valence-electron chi connectivity index (χ0n) is 17.2. The molecule has 1 saturated carbocycles. The van der Waals surface area contributed by atoms with Crippen LogP contribution in [0, 0.1) is 11.8 Å². The maximum Gasteiger partial charge on any atom is 0.188 e. The zero-order chi connectivity index (χ0) is 20.1. The summed E-state index contributed by atoms with van der Waals surface area (Å²) in [6.45, 7) is 0.928. The summed E-state index contributed by atoms with van der Waals surface area (Å²) in [5.74, 6) is 2.30. The van der Waals surface area contributed by atoms with Crippen LogP contribution in [0.15, 0.2) is 42.5 Å². The number of ether oxygens (including phenoxy) is 3. The molecule has 1 fully saturated rings. The van der Waals surface area contributed by atoms with Crippen LogP contribution in [-0.2, 0) is 17.6 Å². The first-order valence-corrected chi connectivity index (χ1v) is 10.7. The molecule has 0 heterocycles. The van der Waals surface area contributed by atoms with E-state index in [1.807, 2.05) is 36.4 Å². The molecule has 2 aromatic rings. The van der Waals surface area contributed by atoms with Gasteiger partial charge in [0.2, 0.25) is 0 Å². The zero-order valence-corrected chi connectivity index (χ0v) is 17.2. The second-order valence-corrected chi connectivity index (χ2v) is 8.23. The van der Waals surface area contributed by atoms with Gasteiger partial charge < -0.3 is 14.2 Å². The molecule has 0 saturated heterocycles. The number of Topliss-reactive ketones (excluding diaryl/α,β-unsaturated/α-hetero) is 1. The van der Waals surface area contributed by atoms with E-state index in [9.17, 15) is 4.79 Å². The second kappa shape index (κ2) is 9.45. The van der Waals surface area contributed by atoms with Gasteiger partial charge in [-0.15, -0.1) is 0 Å². The first kappa shape index (κ1) is 20.0. The van der Waals surface area contributed by atoms with Crippen molar-refractivity contribution in [2.45, 2.75) is 44.9 Å². The van der Waals surface area contributed by atoms with E-state index < -0.39 is 0 Å². The molecule has 2 aliphatic carbocycles. The van der Waals surface area contributed by atoms with Crippen molar-refractivity contribution < 1.29 is 19.0 Å². The van der Waals surface area contributed by atoms with Crippen LogP contribution >= 0.6 is 0 Å². The van der Waals surface area contributed by atoms with Gasteiger partial charge in [0.25, 0.3) is 0 Å². The van der Waals surface area contributed by atoms with Crippen molar-refractivity contribution in [2.24, 2.45) is 11.8 Å². The molecular formula is C25H30O4. The van der Waals surface area contributed by atoms with E-state index in [0.717, 1.165) is 41.2 Å². The fourth-order valence-electron chi connectivity index (χ4n) is 4.64. The lowest BCUT2D eigenvalue weighted by Crippen LogP contribution is -2.17. The van der Waals surface area contributed by atoms with Gasteiger partial charge in [-0.05, 0) is 54.9 Å². The van der Waals surface area contributed by atoms with Crippen LogP contribution in [0.2, 0.25) is 0 Å². The molecule has 0 bridgehead atoms. The van der Waals surface area contributed by atoms with Crippen molar-refractivity contribution in [1.29, 1.82) is 0 Å². The lowest BCUT2D eigenvalue weighted by atomic mass is 9.90. The monoisotopic (exact) mass is 394 g/mol. The molecule has 154 valence electrons. The van der Waals surface area contributed by atoms with Crippen molar-refractivity contribution in [3.8, 4) is 11.5 Å². The summed E-state index contributed by atoms with van der Waals surface area (Å²) < 4.78 is 16.9. The van der Waals surface area contributed by atoms with Gasteiger partial charge in [0, 0.05) is 13.0 Å². The molecule has 0 aromatic heterocycles. The Kier molecular flexibility index (Phi) is 6.50. The molecule has 0 spiro atoms. The molecular weight excluding hydrogens is 364 g/mol. The number of benzene rings is 2. The highest BCUT2D eigenvalue weighted by molar-refractivity contribution is 6.04. The Hall–Kier alpha value is -2.33. The summed E-state index contributed by atoms with van der Waals surface area (Å²) in [4.78, 5) is 13.3. The number of carbonyl (C=O) groups is 1. The number of methoxy groups -OCH3 is 1. The van der Waals surface area contributed by atoms with E-state index in [0.29, 0.717) is 12.3 Å². The number of fused-ring (bicyclic) bond motifs is 1. The highest BCUT2D eigenvalue weighted by Crippen LogP contribution is 2.37. The van der Waals surface area contributed by atoms with Crippen LogP contribution in [0.25, 0.3) is 0 Å². The molecule has 29 heavy (non-hydrogen) atoms. The molecule has 2 aliphatic rings. The topological polar surface area (TPSA) is 44.8 Å². The number of para-hydroxylation sites is 1. The molecule has 4 rings (SSSR count). The average Bonchev–Trinajstić information content (AvgIpc) is 3.08. The first-order chi connectivity index (χ1) is 14.3. The normalized spacial score (nSPS) is 19.2. The minimum atomic E-state index is -0.0725. The molecule has 2 aromatic carbocycles. The van der Waals surface area contributed by atoms with Crippen molar-refractivity contribution in [3.05, 3.63) is 59.2 Å². The molecule has 0 radical (unpaired) electrons. The maximum absolute atomic E-state index is 13.3. The molecule has 1 atom stereocenters. The van der Waals surface area contributed by atoms with Crippen LogP contribution in [-0.4, -0.2) is 26.3 Å². The molecule has 4 nitrogen and oxygen atoms in total. The fourth-order valence-corrected chi connectivity index (χ4v) is 4.64. The summed E-state index contributed by atoms with van der Waals surface area (Å²) in [5.41, 5.74) is 2.94. The van der Waals surface area contributed by atoms with Gasteiger partial charge >= 0.3 is 0 Å².